The van der Waals surface area contributed by atoms with E-state index in [-0.39, 0.29) is 17.9 Å². The molecule has 0 spiro atoms. The zero-order chi connectivity index (χ0) is 13.8. The summed E-state index contributed by atoms with van der Waals surface area (Å²) in [6.07, 6.45) is 0. The fourth-order valence-electron chi connectivity index (χ4n) is 1.39. The van der Waals surface area contributed by atoms with Crippen LogP contribution in [0.15, 0.2) is 18.2 Å². The number of ether oxygens (including phenoxy) is 1. The summed E-state index contributed by atoms with van der Waals surface area (Å²) in [5.41, 5.74) is 0.984. The Kier molecular flexibility index (Phi) is 4.69. The summed E-state index contributed by atoms with van der Waals surface area (Å²) in [4.78, 5) is 10.8. The number of anilines is 1. The molecular formula is C11H15NO5S. The number of benzene rings is 1. The maximum Gasteiger partial charge on any atom is 0.335 e. The van der Waals surface area contributed by atoms with Gasteiger partial charge in [-0.05, 0) is 30.7 Å². The first-order valence-electron chi connectivity index (χ1n) is 5.19. The molecule has 0 saturated carbocycles. The third kappa shape index (κ3) is 4.01. The van der Waals surface area contributed by atoms with Crippen LogP contribution in [0.1, 0.15) is 15.9 Å². The average molecular weight is 273 g/mol. The molecule has 0 bridgehead atoms. The van der Waals surface area contributed by atoms with Gasteiger partial charge in [0.15, 0.2) is 0 Å². The lowest BCUT2D eigenvalue weighted by molar-refractivity contribution is 0.0696. The van der Waals surface area contributed by atoms with Crippen LogP contribution < -0.4 is 4.72 Å². The van der Waals surface area contributed by atoms with E-state index >= 15 is 0 Å². The topological polar surface area (TPSA) is 92.7 Å². The molecule has 0 aliphatic rings. The SMILES string of the molecule is COCCS(=O)(=O)Nc1ccc(C(=O)O)c(C)c1. The Morgan fingerprint density at radius 1 is 1.44 bits per heavy atom. The number of carboxylic acids is 1. The van der Waals surface area contributed by atoms with Crippen LogP contribution in [-0.2, 0) is 14.8 Å². The summed E-state index contributed by atoms with van der Waals surface area (Å²) in [6, 6.07) is 4.26. The van der Waals surface area contributed by atoms with E-state index in [1.165, 1.54) is 25.3 Å². The van der Waals surface area contributed by atoms with Crippen molar-refractivity contribution in [3.8, 4) is 0 Å². The fraction of sp³-hybridized carbons (Fsp3) is 0.364. The molecule has 7 heteroatoms. The molecule has 0 unspecified atom stereocenters. The van der Waals surface area contributed by atoms with Crippen molar-refractivity contribution >= 4 is 21.7 Å². The quantitative estimate of drug-likeness (QED) is 0.809. The number of aryl methyl sites for hydroxylation is 1. The number of hydrogen-bond donors (Lipinski definition) is 2. The number of carbonyl (C=O) groups is 1. The molecule has 0 amide bonds. The normalized spacial score (nSPS) is 11.2. The van der Waals surface area contributed by atoms with Crippen LogP contribution >= 0.6 is 0 Å². The van der Waals surface area contributed by atoms with E-state index in [0.29, 0.717) is 11.3 Å². The lowest BCUT2D eigenvalue weighted by Crippen LogP contribution is -2.19. The van der Waals surface area contributed by atoms with Crippen molar-refractivity contribution in [2.24, 2.45) is 0 Å². The highest BCUT2D eigenvalue weighted by Crippen LogP contribution is 2.16. The summed E-state index contributed by atoms with van der Waals surface area (Å²) < 4.78 is 30.2. The third-order valence-corrected chi connectivity index (χ3v) is 3.54. The maximum atomic E-state index is 11.6. The minimum absolute atomic E-state index is 0.0987. The lowest BCUT2D eigenvalue weighted by Gasteiger charge is -2.09. The molecule has 2 N–H and O–H groups in total. The summed E-state index contributed by atoms with van der Waals surface area (Å²) >= 11 is 0. The van der Waals surface area contributed by atoms with E-state index in [1.54, 1.807) is 6.92 Å². The Bertz CT molecular complexity index is 538. The second-order valence-corrected chi connectivity index (χ2v) is 5.59. The number of sulfonamides is 1. The minimum Gasteiger partial charge on any atom is -0.478 e. The first kappa shape index (κ1) is 14.5. The number of methoxy groups -OCH3 is 1. The maximum absolute atomic E-state index is 11.6. The Morgan fingerprint density at radius 2 is 2.11 bits per heavy atom. The molecule has 0 atom stereocenters. The van der Waals surface area contributed by atoms with Gasteiger partial charge in [-0.3, -0.25) is 4.72 Å². The molecule has 6 nitrogen and oxygen atoms in total. The van der Waals surface area contributed by atoms with E-state index < -0.39 is 16.0 Å². The molecule has 0 aliphatic heterocycles. The van der Waals surface area contributed by atoms with Crippen molar-refractivity contribution in [3.05, 3.63) is 29.3 Å². The number of hydrogen-bond acceptors (Lipinski definition) is 4. The van der Waals surface area contributed by atoms with Crippen molar-refractivity contribution in [2.75, 3.05) is 24.2 Å². The van der Waals surface area contributed by atoms with Crippen molar-refractivity contribution < 1.29 is 23.1 Å². The predicted molar refractivity (Wildman–Crippen MR) is 67.4 cm³/mol. The lowest BCUT2D eigenvalue weighted by atomic mass is 10.1. The van der Waals surface area contributed by atoms with Gasteiger partial charge in [0.05, 0.1) is 17.9 Å². The zero-order valence-electron chi connectivity index (χ0n) is 10.1. The van der Waals surface area contributed by atoms with Gasteiger partial charge in [-0.15, -0.1) is 0 Å². The Balaban J connectivity index is 2.87. The van der Waals surface area contributed by atoms with Crippen LogP contribution in [0.4, 0.5) is 5.69 Å². The number of nitrogens with one attached hydrogen (secondary N) is 1. The third-order valence-electron chi connectivity index (χ3n) is 2.29. The first-order chi connectivity index (χ1) is 8.35. The molecule has 0 fully saturated rings. The molecule has 1 aromatic carbocycles. The molecule has 1 rings (SSSR count). The van der Waals surface area contributed by atoms with E-state index in [4.69, 9.17) is 9.84 Å². The van der Waals surface area contributed by atoms with Gasteiger partial charge in [-0.1, -0.05) is 0 Å². The van der Waals surface area contributed by atoms with Gasteiger partial charge in [0.1, 0.15) is 0 Å². The van der Waals surface area contributed by atoms with Crippen LogP contribution in [0.5, 0.6) is 0 Å². The van der Waals surface area contributed by atoms with Gasteiger partial charge in [0.25, 0.3) is 0 Å². The summed E-state index contributed by atoms with van der Waals surface area (Å²) in [5, 5.41) is 8.85. The molecular weight excluding hydrogens is 258 g/mol. The largest absolute Gasteiger partial charge is 0.478 e. The van der Waals surface area contributed by atoms with E-state index in [2.05, 4.69) is 4.72 Å². The highest BCUT2D eigenvalue weighted by atomic mass is 32.2. The smallest absolute Gasteiger partial charge is 0.335 e. The second-order valence-electron chi connectivity index (χ2n) is 3.75. The predicted octanol–water partition coefficient (Wildman–Crippen LogP) is 1.08. The molecule has 0 aromatic heterocycles. The average Bonchev–Trinajstić information content (AvgIpc) is 2.25. The monoisotopic (exact) mass is 273 g/mol. The van der Waals surface area contributed by atoms with Crippen molar-refractivity contribution in [1.29, 1.82) is 0 Å². The molecule has 0 radical (unpaired) electrons. The van der Waals surface area contributed by atoms with Crippen molar-refractivity contribution in [3.63, 3.8) is 0 Å². The number of rotatable bonds is 6. The van der Waals surface area contributed by atoms with Crippen molar-refractivity contribution in [1.82, 2.24) is 0 Å². The summed E-state index contributed by atoms with van der Waals surface area (Å²) in [5.74, 6) is -1.19. The van der Waals surface area contributed by atoms with E-state index in [0.717, 1.165) is 0 Å². The second kappa shape index (κ2) is 5.83. The van der Waals surface area contributed by atoms with Gasteiger partial charge in [0.2, 0.25) is 10.0 Å². The van der Waals surface area contributed by atoms with Gasteiger partial charge >= 0.3 is 5.97 Å². The molecule has 0 heterocycles. The van der Waals surface area contributed by atoms with Gasteiger partial charge in [0, 0.05) is 12.8 Å². The molecule has 100 valence electrons. The number of carboxylic acid groups (broad SMARTS) is 1. The molecule has 1 aromatic rings. The van der Waals surface area contributed by atoms with Crippen LogP contribution in [0.3, 0.4) is 0 Å². The molecule has 0 saturated heterocycles. The van der Waals surface area contributed by atoms with Gasteiger partial charge in [-0.25, -0.2) is 13.2 Å². The fourth-order valence-corrected chi connectivity index (χ4v) is 2.36. The summed E-state index contributed by atoms with van der Waals surface area (Å²) in [7, 11) is -2.05. The van der Waals surface area contributed by atoms with E-state index in [9.17, 15) is 13.2 Å². The molecule has 18 heavy (non-hydrogen) atoms. The highest BCUT2D eigenvalue weighted by molar-refractivity contribution is 7.92. The van der Waals surface area contributed by atoms with Gasteiger partial charge in [-0.2, -0.15) is 0 Å². The van der Waals surface area contributed by atoms with Crippen LogP contribution in [0.25, 0.3) is 0 Å². The first-order valence-corrected chi connectivity index (χ1v) is 6.84. The summed E-state index contributed by atoms with van der Waals surface area (Å²) in [6.45, 7) is 1.71. The van der Waals surface area contributed by atoms with Crippen LogP contribution in [0.2, 0.25) is 0 Å². The number of aromatic carboxylic acids is 1. The minimum atomic E-state index is -3.47. The Hall–Kier alpha value is -1.60. The Labute approximate surface area is 106 Å². The Morgan fingerprint density at radius 3 is 2.61 bits per heavy atom. The van der Waals surface area contributed by atoms with E-state index in [1.807, 2.05) is 0 Å². The van der Waals surface area contributed by atoms with Gasteiger partial charge < -0.3 is 9.84 Å². The standard InChI is InChI=1S/C11H15NO5S/c1-8-7-9(3-4-10(8)11(13)14)12-18(15,16)6-5-17-2/h3-4,7,12H,5-6H2,1-2H3,(H,13,14). The zero-order valence-corrected chi connectivity index (χ0v) is 11.0. The molecule has 0 aliphatic carbocycles. The highest BCUT2D eigenvalue weighted by Gasteiger charge is 2.12. The van der Waals surface area contributed by atoms with Crippen molar-refractivity contribution in [2.45, 2.75) is 6.92 Å². The van der Waals surface area contributed by atoms with Crippen LogP contribution in [0, 0.1) is 6.92 Å². The van der Waals surface area contributed by atoms with Crippen LogP contribution in [-0.4, -0.2) is 39.0 Å².